The van der Waals surface area contributed by atoms with Gasteiger partial charge in [-0.05, 0) is 24.3 Å². The summed E-state index contributed by atoms with van der Waals surface area (Å²) < 4.78 is 10.8. The van der Waals surface area contributed by atoms with Crippen molar-refractivity contribution in [3.05, 3.63) is 67.0 Å². The summed E-state index contributed by atoms with van der Waals surface area (Å²) in [6.07, 6.45) is 4.35. The van der Waals surface area contributed by atoms with Gasteiger partial charge in [0.2, 0.25) is 5.88 Å². The SMILES string of the molecule is Nc1c(NNC(=O)c2ccco2)ncnc1Oc1cccc2cccnc12. The van der Waals surface area contributed by atoms with Crippen molar-refractivity contribution in [1.82, 2.24) is 20.4 Å². The zero-order chi connectivity index (χ0) is 18.6. The maximum Gasteiger partial charge on any atom is 0.305 e. The van der Waals surface area contributed by atoms with Gasteiger partial charge in [0, 0.05) is 11.6 Å². The number of pyridine rings is 1. The molecule has 0 saturated carbocycles. The summed E-state index contributed by atoms with van der Waals surface area (Å²) in [4.78, 5) is 24.3. The zero-order valence-electron chi connectivity index (χ0n) is 13.9. The molecule has 134 valence electrons. The highest BCUT2D eigenvalue weighted by atomic mass is 16.5. The van der Waals surface area contributed by atoms with Gasteiger partial charge in [-0.15, -0.1) is 0 Å². The number of carbonyl (C=O) groups is 1. The second-order valence-corrected chi connectivity index (χ2v) is 5.43. The number of aromatic nitrogens is 3. The minimum absolute atomic E-state index is 0.130. The predicted molar refractivity (Wildman–Crippen MR) is 98.1 cm³/mol. The number of benzene rings is 1. The van der Waals surface area contributed by atoms with Crippen molar-refractivity contribution >= 4 is 28.3 Å². The Balaban J connectivity index is 1.56. The number of para-hydroxylation sites is 1. The van der Waals surface area contributed by atoms with Crippen molar-refractivity contribution in [3.63, 3.8) is 0 Å². The number of furan rings is 1. The number of anilines is 2. The molecule has 0 bridgehead atoms. The molecule has 0 radical (unpaired) electrons. The molecule has 0 saturated heterocycles. The van der Waals surface area contributed by atoms with Crippen molar-refractivity contribution in [1.29, 1.82) is 0 Å². The molecule has 1 aromatic carbocycles. The largest absolute Gasteiger partial charge is 0.459 e. The smallest absolute Gasteiger partial charge is 0.305 e. The molecular formula is C18H14N6O3. The fraction of sp³-hybridized carbons (Fsp3) is 0. The monoisotopic (exact) mass is 362 g/mol. The van der Waals surface area contributed by atoms with E-state index in [0.717, 1.165) is 5.39 Å². The number of amides is 1. The van der Waals surface area contributed by atoms with E-state index < -0.39 is 5.91 Å². The van der Waals surface area contributed by atoms with E-state index in [0.29, 0.717) is 11.3 Å². The topological polar surface area (TPSA) is 128 Å². The van der Waals surface area contributed by atoms with Crippen LogP contribution in [0.5, 0.6) is 11.6 Å². The second-order valence-electron chi connectivity index (χ2n) is 5.43. The highest BCUT2D eigenvalue weighted by Gasteiger charge is 2.14. The van der Waals surface area contributed by atoms with Crippen LogP contribution in [0.2, 0.25) is 0 Å². The molecule has 0 aliphatic carbocycles. The summed E-state index contributed by atoms with van der Waals surface area (Å²) in [5, 5.41) is 0.923. The van der Waals surface area contributed by atoms with E-state index in [-0.39, 0.29) is 23.1 Å². The van der Waals surface area contributed by atoms with Crippen LogP contribution >= 0.6 is 0 Å². The van der Waals surface area contributed by atoms with Crippen molar-refractivity contribution in [2.75, 3.05) is 11.2 Å². The third-order valence-corrected chi connectivity index (χ3v) is 3.69. The summed E-state index contributed by atoms with van der Waals surface area (Å²) in [6.45, 7) is 0. The molecule has 4 rings (SSSR count). The summed E-state index contributed by atoms with van der Waals surface area (Å²) in [6, 6.07) is 12.4. The van der Waals surface area contributed by atoms with Crippen molar-refractivity contribution in [2.24, 2.45) is 0 Å². The summed E-state index contributed by atoms with van der Waals surface area (Å²) >= 11 is 0. The van der Waals surface area contributed by atoms with Crippen molar-refractivity contribution < 1.29 is 13.9 Å². The van der Waals surface area contributed by atoms with Crippen LogP contribution in [0.15, 0.2) is 65.7 Å². The van der Waals surface area contributed by atoms with Crippen LogP contribution in [0.25, 0.3) is 10.9 Å². The second kappa shape index (κ2) is 7.00. The predicted octanol–water partition coefficient (Wildman–Crippen LogP) is 2.75. The van der Waals surface area contributed by atoms with Crippen LogP contribution in [0.3, 0.4) is 0 Å². The first-order valence-electron chi connectivity index (χ1n) is 7.94. The minimum Gasteiger partial charge on any atom is -0.459 e. The quantitative estimate of drug-likeness (QED) is 0.462. The molecule has 0 unspecified atom stereocenters. The highest BCUT2D eigenvalue weighted by Crippen LogP contribution is 2.32. The first kappa shape index (κ1) is 16.3. The Hall–Kier alpha value is -4.14. The molecule has 0 atom stereocenters. The number of fused-ring (bicyclic) bond motifs is 1. The average Bonchev–Trinajstić information content (AvgIpc) is 3.24. The maximum atomic E-state index is 11.9. The van der Waals surface area contributed by atoms with Crippen molar-refractivity contribution in [3.8, 4) is 11.6 Å². The van der Waals surface area contributed by atoms with Gasteiger partial charge in [-0.3, -0.25) is 20.6 Å². The number of nitrogens with two attached hydrogens (primary N) is 1. The van der Waals surface area contributed by atoms with Gasteiger partial charge < -0.3 is 14.9 Å². The van der Waals surface area contributed by atoms with E-state index in [1.165, 1.54) is 18.7 Å². The molecule has 4 aromatic rings. The molecule has 3 heterocycles. The number of hydrazine groups is 1. The fourth-order valence-corrected chi connectivity index (χ4v) is 2.41. The molecule has 4 N–H and O–H groups in total. The lowest BCUT2D eigenvalue weighted by molar-refractivity contribution is 0.0935. The highest BCUT2D eigenvalue weighted by molar-refractivity contribution is 5.92. The van der Waals surface area contributed by atoms with E-state index in [9.17, 15) is 4.79 Å². The van der Waals surface area contributed by atoms with E-state index in [1.807, 2.05) is 24.3 Å². The Morgan fingerprint density at radius 3 is 2.81 bits per heavy atom. The average molecular weight is 362 g/mol. The van der Waals surface area contributed by atoms with Crippen LogP contribution in [0, 0.1) is 0 Å². The Kier molecular flexibility index (Phi) is 4.24. The molecular weight excluding hydrogens is 348 g/mol. The van der Waals surface area contributed by atoms with Crippen molar-refractivity contribution in [2.45, 2.75) is 0 Å². The number of hydrogen-bond donors (Lipinski definition) is 3. The number of ether oxygens (including phenoxy) is 1. The van der Waals surface area contributed by atoms with Crippen LogP contribution in [-0.2, 0) is 0 Å². The molecule has 0 spiro atoms. The third kappa shape index (κ3) is 3.33. The number of nitrogen functional groups attached to an aromatic ring is 1. The van der Waals surface area contributed by atoms with Gasteiger partial charge in [-0.2, -0.15) is 4.98 Å². The van der Waals surface area contributed by atoms with Gasteiger partial charge in [0.1, 0.15) is 17.5 Å². The van der Waals surface area contributed by atoms with Gasteiger partial charge in [0.15, 0.2) is 17.3 Å². The normalized spacial score (nSPS) is 10.5. The van der Waals surface area contributed by atoms with Gasteiger partial charge in [0.05, 0.1) is 6.26 Å². The lowest BCUT2D eigenvalue weighted by atomic mass is 10.2. The molecule has 9 nitrogen and oxygen atoms in total. The van der Waals surface area contributed by atoms with E-state index in [1.54, 1.807) is 18.3 Å². The summed E-state index contributed by atoms with van der Waals surface area (Å²) in [5.41, 5.74) is 12.0. The van der Waals surface area contributed by atoms with Crippen LogP contribution in [0.4, 0.5) is 11.5 Å². The van der Waals surface area contributed by atoms with E-state index in [4.69, 9.17) is 14.9 Å². The minimum atomic E-state index is -0.473. The van der Waals surface area contributed by atoms with Gasteiger partial charge in [-0.25, -0.2) is 4.98 Å². The number of hydrogen-bond acceptors (Lipinski definition) is 8. The Bertz CT molecular complexity index is 1090. The molecule has 9 heteroatoms. The fourth-order valence-electron chi connectivity index (χ4n) is 2.41. The standard InChI is InChI=1S/C18H14N6O3/c19-14-16(23-24-17(25)13-7-3-9-26-13)21-10-22-18(14)27-12-6-1-4-11-5-2-8-20-15(11)12/h1-10H,19H2,(H,24,25)(H,21,22,23). The van der Waals surface area contributed by atoms with Crippen LogP contribution in [0.1, 0.15) is 10.6 Å². The molecule has 0 aliphatic heterocycles. The molecule has 0 fully saturated rings. The lowest BCUT2D eigenvalue weighted by Crippen LogP contribution is -2.30. The Morgan fingerprint density at radius 2 is 1.96 bits per heavy atom. The van der Waals surface area contributed by atoms with Gasteiger partial charge in [0.25, 0.3) is 0 Å². The number of carbonyl (C=O) groups excluding carboxylic acids is 1. The number of nitrogens with zero attached hydrogens (tertiary/aromatic N) is 3. The number of rotatable bonds is 5. The van der Waals surface area contributed by atoms with Crippen LogP contribution < -0.4 is 21.3 Å². The first-order valence-corrected chi connectivity index (χ1v) is 7.94. The van der Waals surface area contributed by atoms with Gasteiger partial charge in [-0.1, -0.05) is 18.2 Å². The summed E-state index contributed by atoms with van der Waals surface area (Å²) in [7, 11) is 0. The molecule has 27 heavy (non-hydrogen) atoms. The van der Waals surface area contributed by atoms with Crippen LogP contribution in [-0.4, -0.2) is 20.9 Å². The molecule has 1 amide bonds. The van der Waals surface area contributed by atoms with E-state index in [2.05, 4.69) is 25.8 Å². The molecule has 3 aromatic heterocycles. The Morgan fingerprint density at radius 1 is 1.07 bits per heavy atom. The number of nitrogens with one attached hydrogen (secondary N) is 2. The van der Waals surface area contributed by atoms with E-state index >= 15 is 0 Å². The third-order valence-electron chi connectivity index (χ3n) is 3.69. The summed E-state index contributed by atoms with van der Waals surface area (Å²) in [5.74, 6) is 0.502. The maximum absolute atomic E-state index is 11.9. The Labute approximate surface area is 153 Å². The molecule has 0 aliphatic rings. The zero-order valence-corrected chi connectivity index (χ0v) is 13.9. The van der Waals surface area contributed by atoms with Gasteiger partial charge >= 0.3 is 5.91 Å². The lowest BCUT2D eigenvalue weighted by Gasteiger charge is -2.12. The first-order chi connectivity index (χ1) is 13.2.